The Labute approximate surface area is 139 Å². The van der Waals surface area contributed by atoms with Crippen molar-refractivity contribution in [2.24, 2.45) is 5.92 Å². The quantitative estimate of drug-likeness (QED) is 0.824. The Morgan fingerprint density at radius 2 is 2.04 bits per heavy atom. The summed E-state index contributed by atoms with van der Waals surface area (Å²) in [5, 5.41) is 9.29. The van der Waals surface area contributed by atoms with E-state index in [1.54, 1.807) is 6.07 Å². The van der Waals surface area contributed by atoms with Crippen LogP contribution in [-0.4, -0.2) is 60.5 Å². The van der Waals surface area contributed by atoms with Crippen molar-refractivity contribution in [1.82, 2.24) is 9.80 Å². The van der Waals surface area contributed by atoms with Crippen LogP contribution in [0.25, 0.3) is 0 Å². The van der Waals surface area contributed by atoms with E-state index in [-0.39, 0.29) is 18.4 Å². The van der Waals surface area contributed by atoms with Crippen molar-refractivity contribution in [2.45, 2.75) is 12.3 Å². The van der Waals surface area contributed by atoms with Crippen molar-refractivity contribution in [3.8, 4) is 0 Å². The maximum atomic E-state index is 13.9. The zero-order valence-electron chi connectivity index (χ0n) is 13.1. The van der Waals surface area contributed by atoms with Gasteiger partial charge in [-0.15, -0.1) is 0 Å². The fourth-order valence-corrected chi connectivity index (χ4v) is 2.94. The minimum atomic E-state index is -1.06. The molecule has 1 N–H and O–H groups in total. The fraction of sp³-hybridized carbons (Fsp3) is 0.500. The van der Waals surface area contributed by atoms with Gasteiger partial charge >= 0.3 is 5.97 Å². The van der Waals surface area contributed by atoms with Crippen LogP contribution in [0.5, 0.6) is 0 Å². The molecule has 2 atom stereocenters. The molecule has 23 heavy (non-hydrogen) atoms. The number of carbonyl (C=O) groups excluding carboxylic acids is 1. The van der Waals surface area contributed by atoms with Crippen molar-refractivity contribution in [2.75, 3.05) is 33.7 Å². The average Bonchev–Trinajstić information content (AvgIpc) is 3.22. The minimum absolute atomic E-state index is 0.251. The maximum Gasteiger partial charge on any atom is 0.323 e. The predicted octanol–water partition coefficient (Wildman–Crippen LogP) is 2.06. The van der Waals surface area contributed by atoms with Crippen molar-refractivity contribution >= 4 is 23.5 Å². The second-order valence-corrected chi connectivity index (χ2v) is 6.45. The first-order valence-electron chi connectivity index (χ1n) is 7.40. The average molecular weight is 343 g/mol. The first-order valence-corrected chi connectivity index (χ1v) is 7.78. The zero-order valence-corrected chi connectivity index (χ0v) is 13.9. The minimum Gasteiger partial charge on any atom is -0.480 e. The van der Waals surface area contributed by atoms with Gasteiger partial charge in [0.1, 0.15) is 12.4 Å². The zero-order chi connectivity index (χ0) is 17.1. The largest absolute Gasteiger partial charge is 0.480 e. The number of amides is 1. The summed E-state index contributed by atoms with van der Waals surface area (Å²) in [5.41, 5.74) is 0.357. The van der Waals surface area contributed by atoms with E-state index in [9.17, 15) is 14.0 Å². The first-order chi connectivity index (χ1) is 10.8. The second-order valence-electron chi connectivity index (χ2n) is 6.04. The highest BCUT2D eigenvalue weighted by Gasteiger charge is 2.47. The molecule has 0 bridgehead atoms. The Bertz CT molecular complexity index is 589. The lowest BCUT2D eigenvalue weighted by Crippen LogP contribution is -2.41. The number of likely N-dealkylation sites (N-methyl/N-ethyl adjacent to an activating group) is 1. The van der Waals surface area contributed by atoms with Gasteiger partial charge in [-0.05, 0) is 32.6 Å². The highest BCUT2D eigenvalue weighted by atomic mass is 35.5. The van der Waals surface area contributed by atoms with Crippen LogP contribution < -0.4 is 0 Å². The van der Waals surface area contributed by atoms with E-state index >= 15 is 0 Å². The summed E-state index contributed by atoms with van der Waals surface area (Å²) in [6.45, 7) is 0.546. The van der Waals surface area contributed by atoms with Gasteiger partial charge in [0.05, 0.1) is 0 Å². The van der Waals surface area contributed by atoms with Gasteiger partial charge in [0.15, 0.2) is 0 Å². The molecule has 126 valence electrons. The standard InChI is InChI=1S/C16H20ClFN2O3/c1-19(2)6-7-20(9-14(21)22)16(23)11-8-10(11)15-12(17)4-3-5-13(15)18/h3-5,10-11H,6-9H2,1-2H3,(H,21,22)/t10-,11-/m0/s1. The van der Waals surface area contributed by atoms with E-state index in [4.69, 9.17) is 16.7 Å². The van der Waals surface area contributed by atoms with Crippen LogP contribution in [0.15, 0.2) is 18.2 Å². The van der Waals surface area contributed by atoms with Gasteiger partial charge in [-0.2, -0.15) is 0 Å². The number of hydrogen-bond donors (Lipinski definition) is 1. The van der Waals surface area contributed by atoms with Crippen LogP contribution in [-0.2, 0) is 9.59 Å². The summed E-state index contributed by atoms with van der Waals surface area (Å²) >= 11 is 6.04. The molecular weight excluding hydrogens is 323 g/mol. The molecule has 7 heteroatoms. The summed E-state index contributed by atoms with van der Waals surface area (Å²) in [7, 11) is 3.70. The van der Waals surface area contributed by atoms with Crippen molar-refractivity contribution in [1.29, 1.82) is 0 Å². The Balaban J connectivity index is 2.08. The van der Waals surface area contributed by atoms with E-state index in [2.05, 4.69) is 0 Å². The number of halogens is 2. The number of carboxylic acids is 1. The molecule has 0 unspecified atom stereocenters. The van der Waals surface area contributed by atoms with E-state index < -0.39 is 17.7 Å². The second kappa shape index (κ2) is 7.27. The lowest BCUT2D eigenvalue weighted by Gasteiger charge is -2.23. The smallest absolute Gasteiger partial charge is 0.323 e. The summed E-state index contributed by atoms with van der Waals surface area (Å²) in [5.74, 6) is -2.40. The molecule has 1 fully saturated rings. The molecule has 1 aromatic rings. The molecule has 1 aliphatic rings. The third-order valence-electron chi connectivity index (χ3n) is 3.93. The van der Waals surface area contributed by atoms with Gasteiger partial charge in [-0.25, -0.2) is 4.39 Å². The van der Waals surface area contributed by atoms with Crippen molar-refractivity contribution in [3.05, 3.63) is 34.6 Å². The molecule has 0 saturated heterocycles. The fourth-order valence-electron chi connectivity index (χ4n) is 2.64. The van der Waals surface area contributed by atoms with E-state index in [1.165, 1.54) is 17.0 Å². The molecule has 0 aromatic heterocycles. The van der Waals surface area contributed by atoms with Crippen molar-refractivity contribution in [3.63, 3.8) is 0 Å². The number of benzene rings is 1. The number of nitrogens with zero attached hydrogens (tertiary/aromatic N) is 2. The lowest BCUT2D eigenvalue weighted by molar-refractivity contribution is -0.145. The Morgan fingerprint density at radius 1 is 1.35 bits per heavy atom. The molecule has 1 amide bonds. The maximum absolute atomic E-state index is 13.9. The van der Waals surface area contributed by atoms with Crippen LogP contribution >= 0.6 is 11.6 Å². The summed E-state index contributed by atoms with van der Waals surface area (Å²) in [4.78, 5) is 26.7. The van der Waals surface area contributed by atoms with Gasteiger partial charge in [-0.3, -0.25) is 9.59 Å². The number of carbonyl (C=O) groups is 2. The number of hydrogen-bond acceptors (Lipinski definition) is 3. The van der Waals surface area contributed by atoms with Crippen LogP contribution in [0.3, 0.4) is 0 Å². The Morgan fingerprint density at radius 3 is 2.61 bits per heavy atom. The number of aliphatic carboxylic acids is 1. The first kappa shape index (κ1) is 17.7. The molecule has 0 radical (unpaired) electrons. The van der Waals surface area contributed by atoms with Gasteiger partial charge < -0.3 is 14.9 Å². The Hall–Kier alpha value is -1.66. The van der Waals surface area contributed by atoms with E-state index in [0.29, 0.717) is 30.1 Å². The molecule has 0 spiro atoms. The third-order valence-corrected chi connectivity index (χ3v) is 4.26. The normalized spacial score (nSPS) is 19.7. The van der Waals surface area contributed by atoms with Gasteiger partial charge in [0, 0.05) is 35.5 Å². The monoisotopic (exact) mass is 342 g/mol. The van der Waals surface area contributed by atoms with Crippen LogP contribution in [0.2, 0.25) is 5.02 Å². The SMILES string of the molecule is CN(C)CCN(CC(=O)O)C(=O)[C@H]1C[C@@H]1c1c(F)cccc1Cl. The van der Waals surface area contributed by atoms with Gasteiger partial charge in [0.25, 0.3) is 0 Å². The summed E-state index contributed by atoms with van der Waals surface area (Å²) in [6, 6.07) is 4.44. The molecule has 1 aromatic carbocycles. The van der Waals surface area contributed by atoms with Gasteiger partial charge in [-0.1, -0.05) is 17.7 Å². The van der Waals surface area contributed by atoms with Gasteiger partial charge in [0.2, 0.25) is 5.91 Å². The number of rotatable bonds is 7. The topological polar surface area (TPSA) is 60.9 Å². The molecular formula is C16H20ClFN2O3. The predicted molar refractivity (Wildman–Crippen MR) is 85.0 cm³/mol. The molecule has 1 saturated carbocycles. The van der Waals surface area contributed by atoms with E-state index in [0.717, 1.165) is 0 Å². The molecule has 2 rings (SSSR count). The third kappa shape index (κ3) is 4.42. The molecule has 0 aliphatic heterocycles. The molecule has 0 heterocycles. The molecule has 5 nitrogen and oxygen atoms in total. The van der Waals surface area contributed by atoms with Crippen LogP contribution in [0, 0.1) is 11.7 Å². The Kier molecular flexibility index (Phi) is 5.59. The summed E-state index contributed by atoms with van der Waals surface area (Å²) < 4.78 is 13.9. The molecule has 1 aliphatic carbocycles. The highest BCUT2D eigenvalue weighted by molar-refractivity contribution is 6.31. The van der Waals surface area contributed by atoms with Crippen LogP contribution in [0.4, 0.5) is 4.39 Å². The number of carboxylic acid groups (broad SMARTS) is 1. The highest BCUT2D eigenvalue weighted by Crippen LogP contribution is 2.51. The van der Waals surface area contributed by atoms with Crippen molar-refractivity contribution < 1.29 is 19.1 Å². The lowest BCUT2D eigenvalue weighted by atomic mass is 10.1. The van der Waals surface area contributed by atoms with Crippen LogP contribution in [0.1, 0.15) is 17.9 Å². The summed E-state index contributed by atoms with van der Waals surface area (Å²) in [6.07, 6.45) is 0.498. The van der Waals surface area contributed by atoms with E-state index in [1.807, 2.05) is 19.0 Å².